The Bertz CT molecular complexity index is 289. The number of hydrogen-bond donors (Lipinski definition) is 0. The van der Waals surface area contributed by atoms with Crippen LogP contribution in [0, 0.1) is 0 Å². The summed E-state index contributed by atoms with van der Waals surface area (Å²) in [6, 6.07) is 0. The van der Waals surface area contributed by atoms with E-state index in [2.05, 4.69) is 6.58 Å². The van der Waals surface area contributed by atoms with Crippen molar-refractivity contribution in [3.05, 3.63) is 12.7 Å². The molecule has 5 heteroatoms. The van der Waals surface area contributed by atoms with Crippen LogP contribution in [0.2, 0.25) is 0 Å². The van der Waals surface area contributed by atoms with Gasteiger partial charge in [-0.2, -0.15) is 0 Å². The Kier molecular flexibility index (Phi) is 17.4. The molecule has 0 unspecified atom stereocenters. The van der Waals surface area contributed by atoms with E-state index in [1.54, 1.807) is 0 Å². The molecule has 0 aromatic carbocycles. The van der Waals surface area contributed by atoms with Crippen molar-refractivity contribution in [2.75, 3.05) is 5.75 Å². The zero-order valence-corrected chi connectivity index (χ0v) is 15.2. The summed E-state index contributed by atoms with van der Waals surface area (Å²) in [4.78, 5) is 0. The second kappa shape index (κ2) is 15.0. The third kappa shape index (κ3) is 21.1. The van der Waals surface area contributed by atoms with Crippen molar-refractivity contribution in [1.29, 1.82) is 0 Å². The van der Waals surface area contributed by atoms with Crippen LogP contribution in [0.1, 0.15) is 70.6 Å². The first-order valence-corrected chi connectivity index (χ1v) is 8.68. The zero-order chi connectivity index (χ0) is 13.7. The molecule has 0 atom stereocenters. The molecule has 0 aliphatic carbocycles. The van der Waals surface area contributed by atoms with Crippen molar-refractivity contribution >= 4 is 10.1 Å². The summed E-state index contributed by atoms with van der Waals surface area (Å²) in [5.74, 6) is -0.198. The molecule has 0 saturated heterocycles. The number of rotatable bonds is 13. The fourth-order valence-electron chi connectivity index (χ4n) is 1.98. The monoisotopic (exact) mass is 298 g/mol. The van der Waals surface area contributed by atoms with Crippen LogP contribution >= 0.6 is 0 Å². The minimum absolute atomic E-state index is 0. The second-order valence-corrected chi connectivity index (χ2v) is 6.40. The minimum Gasteiger partial charge on any atom is -0.748 e. The van der Waals surface area contributed by atoms with Crippen molar-refractivity contribution in [2.24, 2.45) is 0 Å². The van der Waals surface area contributed by atoms with Crippen LogP contribution in [0.25, 0.3) is 0 Å². The van der Waals surface area contributed by atoms with Crippen molar-refractivity contribution in [1.82, 2.24) is 0 Å². The number of hydrogen-bond acceptors (Lipinski definition) is 3. The summed E-state index contributed by atoms with van der Waals surface area (Å²) in [6.45, 7) is 3.70. The van der Waals surface area contributed by atoms with Crippen molar-refractivity contribution in [3.63, 3.8) is 0 Å². The molecule has 0 saturated carbocycles. The Balaban J connectivity index is 0. The third-order valence-electron chi connectivity index (χ3n) is 3.05. The molecule has 0 aromatic heterocycles. The molecule has 0 N–H and O–H groups in total. The van der Waals surface area contributed by atoms with E-state index in [0.717, 1.165) is 25.7 Å². The smallest absolute Gasteiger partial charge is 0.748 e. The zero-order valence-electron chi connectivity index (χ0n) is 12.4. The van der Waals surface area contributed by atoms with E-state index >= 15 is 0 Å². The van der Waals surface area contributed by atoms with E-state index in [-0.39, 0.29) is 35.3 Å². The van der Waals surface area contributed by atoms with Gasteiger partial charge >= 0.3 is 29.6 Å². The Hall–Kier alpha value is 0.650. The molecule has 0 aliphatic heterocycles. The van der Waals surface area contributed by atoms with E-state index in [4.69, 9.17) is 0 Å². The molecule has 0 radical (unpaired) electrons. The van der Waals surface area contributed by atoms with E-state index in [1.807, 2.05) is 6.08 Å². The van der Waals surface area contributed by atoms with Gasteiger partial charge in [0, 0.05) is 5.75 Å². The van der Waals surface area contributed by atoms with Crippen LogP contribution in [0.5, 0.6) is 0 Å². The van der Waals surface area contributed by atoms with E-state index in [0.29, 0.717) is 6.42 Å². The topological polar surface area (TPSA) is 57.2 Å². The number of unbranched alkanes of at least 4 members (excludes halogenated alkanes) is 10. The van der Waals surface area contributed by atoms with Gasteiger partial charge in [0.25, 0.3) is 0 Å². The first kappa shape index (κ1) is 21.9. The van der Waals surface area contributed by atoms with Gasteiger partial charge in [0.15, 0.2) is 0 Å². The molecule has 19 heavy (non-hydrogen) atoms. The van der Waals surface area contributed by atoms with Crippen LogP contribution < -0.4 is 29.6 Å². The van der Waals surface area contributed by atoms with Gasteiger partial charge in [-0.3, -0.25) is 0 Å². The molecule has 0 fully saturated rings. The van der Waals surface area contributed by atoms with Gasteiger partial charge in [0.05, 0.1) is 10.1 Å². The molecule has 0 aromatic rings. The Morgan fingerprint density at radius 1 is 0.789 bits per heavy atom. The van der Waals surface area contributed by atoms with Gasteiger partial charge in [-0.15, -0.1) is 6.58 Å². The maximum atomic E-state index is 10.4. The SMILES string of the molecule is C=CCCCCCCCCCCCCS(=O)(=O)[O-].[Na+]. The largest absolute Gasteiger partial charge is 1.00 e. The van der Waals surface area contributed by atoms with Gasteiger partial charge in [0.2, 0.25) is 0 Å². The maximum Gasteiger partial charge on any atom is 1.00 e. The third-order valence-corrected chi connectivity index (χ3v) is 3.84. The number of allylic oxidation sites excluding steroid dienone is 1. The molecular weight excluding hydrogens is 271 g/mol. The normalized spacial score (nSPS) is 11.0. The van der Waals surface area contributed by atoms with Gasteiger partial charge in [-0.05, 0) is 19.3 Å². The fourth-order valence-corrected chi connectivity index (χ4v) is 2.54. The van der Waals surface area contributed by atoms with Crippen molar-refractivity contribution < 1.29 is 42.5 Å². The van der Waals surface area contributed by atoms with Crippen molar-refractivity contribution in [2.45, 2.75) is 70.6 Å². The van der Waals surface area contributed by atoms with Gasteiger partial charge in [0.1, 0.15) is 0 Å². The first-order valence-electron chi connectivity index (χ1n) is 7.11. The summed E-state index contributed by atoms with van der Waals surface area (Å²) < 4.78 is 31.1. The average Bonchev–Trinajstić information content (AvgIpc) is 2.29. The quantitative estimate of drug-likeness (QED) is 0.221. The van der Waals surface area contributed by atoms with Gasteiger partial charge in [-0.1, -0.05) is 57.4 Å². The molecule has 108 valence electrons. The van der Waals surface area contributed by atoms with Crippen LogP contribution in [-0.4, -0.2) is 18.7 Å². The summed E-state index contributed by atoms with van der Waals surface area (Å²) in [6.07, 6.45) is 14.4. The van der Waals surface area contributed by atoms with Crippen LogP contribution in [0.4, 0.5) is 0 Å². The molecular formula is C14H27NaO3S. The molecule has 3 nitrogen and oxygen atoms in total. The fraction of sp³-hybridized carbons (Fsp3) is 0.857. The summed E-state index contributed by atoms with van der Waals surface area (Å²) in [7, 11) is -3.99. The first-order chi connectivity index (χ1) is 8.56. The van der Waals surface area contributed by atoms with E-state index < -0.39 is 10.1 Å². The van der Waals surface area contributed by atoms with E-state index in [9.17, 15) is 13.0 Å². The molecule has 0 spiro atoms. The Labute approximate surface area is 141 Å². The van der Waals surface area contributed by atoms with E-state index in [1.165, 1.54) is 38.5 Å². The summed E-state index contributed by atoms with van der Waals surface area (Å²) in [5.41, 5.74) is 0. The summed E-state index contributed by atoms with van der Waals surface area (Å²) in [5, 5.41) is 0. The average molecular weight is 298 g/mol. The maximum absolute atomic E-state index is 10.4. The molecule has 0 amide bonds. The molecule has 0 bridgehead atoms. The molecule has 0 rings (SSSR count). The van der Waals surface area contributed by atoms with Crippen LogP contribution in [0.3, 0.4) is 0 Å². The van der Waals surface area contributed by atoms with Gasteiger partial charge in [-0.25, -0.2) is 8.42 Å². The minimum atomic E-state index is -3.99. The predicted molar refractivity (Wildman–Crippen MR) is 75.5 cm³/mol. The van der Waals surface area contributed by atoms with Gasteiger partial charge < -0.3 is 4.55 Å². The summed E-state index contributed by atoms with van der Waals surface area (Å²) >= 11 is 0. The predicted octanol–water partition coefficient (Wildman–Crippen LogP) is 1.01. The molecule has 0 aliphatic rings. The standard InChI is InChI=1S/C14H28O3S.Na/c1-2-3-4-5-6-7-8-9-10-11-12-13-14-18(15,16)17;/h2H,1,3-14H2,(H,15,16,17);/q;+1/p-1. The molecule has 0 heterocycles. The van der Waals surface area contributed by atoms with Crippen molar-refractivity contribution in [3.8, 4) is 0 Å². The second-order valence-electron chi connectivity index (χ2n) is 4.87. The Morgan fingerprint density at radius 3 is 1.53 bits per heavy atom. The van der Waals surface area contributed by atoms with Crippen LogP contribution in [-0.2, 0) is 10.1 Å². The Morgan fingerprint density at radius 2 is 1.16 bits per heavy atom. The van der Waals surface area contributed by atoms with Crippen LogP contribution in [0.15, 0.2) is 12.7 Å².